The summed E-state index contributed by atoms with van der Waals surface area (Å²) >= 11 is 0. The van der Waals surface area contributed by atoms with Gasteiger partial charge in [0.05, 0.1) is 19.3 Å². The molecular weight excluding hydrogens is 418 g/mol. The number of rotatable bonds is 8. The molecular formula is C26H33N3O4. The largest absolute Gasteiger partial charge is 0.381 e. The Labute approximate surface area is 195 Å². The Morgan fingerprint density at radius 3 is 2.61 bits per heavy atom. The highest BCUT2D eigenvalue weighted by Gasteiger charge is 2.32. The van der Waals surface area contributed by atoms with E-state index < -0.39 is 0 Å². The second kappa shape index (κ2) is 11.9. The molecule has 7 heteroatoms. The number of ether oxygens (including phenoxy) is 2. The van der Waals surface area contributed by atoms with Crippen LogP contribution in [0.5, 0.6) is 0 Å². The number of benzene rings is 1. The Morgan fingerprint density at radius 1 is 1.06 bits per heavy atom. The molecule has 2 saturated heterocycles. The van der Waals surface area contributed by atoms with E-state index in [2.05, 4.69) is 4.98 Å². The number of aromatic nitrogens is 1. The Balaban J connectivity index is 1.41. The summed E-state index contributed by atoms with van der Waals surface area (Å²) in [5.41, 5.74) is 1.96. The number of hydrogen-bond acceptors (Lipinski definition) is 5. The lowest BCUT2D eigenvalue weighted by Crippen LogP contribution is -2.42. The van der Waals surface area contributed by atoms with E-state index >= 15 is 0 Å². The van der Waals surface area contributed by atoms with Crippen molar-refractivity contribution in [2.45, 2.75) is 38.4 Å². The molecule has 2 amide bonds. The molecule has 1 atom stereocenters. The van der Waals surface area contributed by atoms with Crippen LogP contribution >= 0.6 is 0 Å². The number of carbonyl (C=O) groups is 2. The number of nitrogens with zero attached hydrogens (tertiary/aromatic N) is 3. The molecule has 0 aliphatic carbocycles. The van der Waals surface area contributed by atoms with Crippen molar-refractivity contribution in [2.24, 2.45) is 5.92 Å². The monoisotopic (exact) mass is 451 g/mol. The van der Waals surface area contributed by atoms with Gasteiger partial charge in [-0.1, -0.05) is 36.4 Å². The predicted octanol–water partition coefficient (Wildman–Crippen LogP) is 2.70. The second-order valence-corrected chi connectivity index (χ2v) is 8.87. The first kappa shape index (κ1) is 23.4. The van der Waals surface area contributed by atoms with E-state index in [1.807, 2.05) is 53.4 Å². The van der Waals surface area contributed by atoms with E-state index in [1.165, 1.54) is 0 Å². The topological polar surface area (TPSA) is 72.0 Å². The zero-order valence-electron chi connectivity index (χ0n) is 19.1. The average molecular weight is 452 g/mol. The van der Waals surface area contributed by atoms with Gasteiger partial charge < -0.3 is 19.3 Å². The third-order valence-corrected chi connectivity index (χ3v) is 6.35. The van der Waals surface area contributed by atoms with Gasteiger partial charge in [0.1, 0.15) is 0 Å². The lowest BCUT2D eigenvalue weighted by atomic mass is 9.99. The molecule has 33 heavy (non-hydrogen) atoms. The SMILES string of the molecule is O=C(CCc1ccccn1)N1CC(=O)N(CC2CCOCC2)C[C@@H](OCc2ccccc2)C1. The summed E-state index contributed by atoms with van der Waals surface area (Å²) in [4.78, 5) is 34.0. The highest BCUT2D eigenvalue weighted by Crippen LogP contribution is 2.19. The minimum absolute atomic E-state index is 0.00140. The van der Waals surface area contributed by atoms with Crippen molar-refractivity contribution in [1.82, 2.24) is 14.8 Å². The number of carbonyl (C=O) groups excluding carboxylic acids is 2. The first-order chi connectivity index (χ1) is 16.2. The van der Waals surface area contributed by atoms with E-state index in [-0.39, 0.29) is 24.5 Å². The van der Waals surface area contributed by atoms with Gasteiger partial charge >= 0.3 is 0 Å². The van der Waals surface area contributed by atoms with Crippen molar-refractivity contribution in [3.63, 3.8) is 0 Å². The Morgan fingerprint density at radius 2 is 1.85 bits per heavy atom. The second-order valence-electron chi connectivity index (χ2n) is 8.87. The highest BCUT2D eigenvalue weighted by atomic mass is 16.5. The van der Waals surface area contributed by atoms with E-state index in [4.69, 9.17) is 9.47 Å². The predicted molar refractivity (Wildman–Crippen MR) is 124 cm³/mol. The van der Waals surface area contributed by atoms with Crippen LogP contribution in [0.3, 0.4) is 0 Å². The van der Waals surface area contributed by atoms with Crippen LogP contribution in [-0.2, 0) is 32.1 Å². The highest BCUT2D eigenvalue weighted by molar-refractivity contribution is 5.85. The molecule has 0 radical (unpaired) electrons. The Bertz CT molecular complexity index is 887. The lowest BCUT2D eigenvalue weighted by Gasteiger charge is -2.30. The fourth-order valence-electron chi connectivity index (χ4n) is 4.42. The van der Waals surface area contributed by atoms with Gasteiger partial charge in [-0.3, -0.25) is 14.6 Å². The van der Waals surface area contributed by atoms with Crippen molar-refractivity contribution in [3.05, 3.63) is 66.0 Å². The molecule has 2 aliphatic rings. The zero-order valence-corrected chi connectivity index (χ0v) is 19.1. The van der Waals surface area contributed by atoms with E-state index in [0.717, 1.165) is 37.3 Å². The standard InChI is InChI=1S/C26H33N3O4/c30-25(10-9-23-8-4-5-13-27-23)29-18-24(33-20-22-6-2-1-3-7-22)17-28(26(31)19-29)16-21-11-14-32-15-12-21/h1-8,13,21,24H,9-12,14-20H2/t24-/m1/s1. The van der Waals surface area contributed by atoms with E-state index in [1.54, 1.807) is 11.1 Å². The van der Waals surface area contributed by atoms with Gasteiger partial charge in [0.15, 0.2) is 0 Å². The summed E-state index contributed by atoms with van der Waals surface area (Å²) in [6.45, 7) is 3.69. The third-order valence-electron chi connectivity index (χ3n) is 6.35. The lowest BCUT2D eigenvalue weighted by molar-refractivity contribution is -0.139. The summed E-state index contributed by atoms with van der Waals surface area (Å²) in [6, 6.07) is 15.7. The van der Waals surface area contributed by atoms with Gasteiger partial charge in [-0.05, 0) is 42.9 Å². The minimum Gasteiger partial charge on any atom is -0.381 e. The molecule has 0 N–H and O–H groups in total. The zero-order chi connectivity index (χ0) is 22.9. The van der Waals surface area contributed by atoms with Gasteiger partial charge in [0.2, 0.25) is 11.8 Å². The molecule has 0 spiro atoms. The number of pyridine rings is 1. The molecule has 2 aliphatic heterocycles. The van der Waals surface area contributed by atoms with Crippen LogP contribution in [0.1, 0.15) is 30.5 Å². The molecule has 0 saturated carbocycles. The fraction of sp³-hybridized carbons (Fsp3) is 0.500. The molecule has 2 aromatic rings. The number of hydrogen-bond donors (Lipinski definition) is 0. The summed E-state index contributed by atoms with van der Waals surface area (Å²) in [5, 5.41) is 0. The fourth-order valence-corrected chi connectivity index (χ4v) is 4.42. The Hall–Kier alpha value is -2.77. The Kier molecular flexibility index (Phi) is 8.44. The molecule has 4 rings (SSSR count). The van der Waals surface area contributed by atoms with Crippen LogP contribution in [0.15, 0.2) is 54.7 Å². The van der Waals surface area contributed by atoms with Crippen molar-refractivity contribution in [2.75, 3.05) is 39.4 Å². The smallest absolute Gasteiger partial charge is 0.242 e. The molecule has 0 bridgehead atoms. The summed E-state index contributed by atoms with van der Waals surface area (Å²) in [5.74, 6) is 0.401. The maximum atomic E-state index is 13.1. The van der Waals surface area contributed by atoms with Crippen LogP contribution < -0.4 is 0 Å². The van der Waals surface area contributed by atoms with Gasteiger partial charge in [0.25, 0.3) is 0 Å². The van der Waals surface area contributed by atoms with Gasteiger partial charge in [-0.15, -0.1) is 0 Å². The van der Waals surface area contributed by atoms with Crippen LogP contribution in [0.25, 0.3) is 0 Å². The van der Waals surface area contributed by atoms with Crippen molar-refractivity contribution >= 4 is 11.8 Å². The summed E-state index contributed by atoms with van der Waals surface area (Å²) < 4.78 is 11.7. The third kappa shape index (κ3) is 7.11. The van der Waals surface area contributed by atoms with Crippen LogP contribution in [0.2, 0.25) is 0 Å². The maximum Gasteiger partial charge on any atom is 0.242 e. The van der Waals surface area contributed by atoms with Gasteiger partial charge in [-0.2, -0.15) is 0 Å². The van der Waals surface area contributed by atoms with Crippen LogP contribution in [0, 0.1) is 5.92 Å². The van der Waals surface area contributed by atoms with Gasteiger partial charge in [0, 0.05) is 51.2 Å². The molecule has 1 aromatic carbocycles. The number of aryl methyl sites for hydroxylation is 1. The molecule has 0 unspecified atom stereocenters. The molecule has 2 fully saturated rings. The minimum atomic E-state index is -0.227. The normalized spacial score (nSPS) is 20.0. The number of amides is 2. The van der Waals surface area contributed by atoms with Gasteiger partial charge in [-0.25, -0.2) is 0 Å². The van der Waals surface area contributed by atoms with Crippen LogP contribution in [0.4, 0.5) is 0 Å². The first-order valence-electron chi connectivity index (χ1n) is 11.9. The van der Waals surface area contributed by atoms with Crippen LogP contribution in [-0.4, -0.2) is 72.1 Å². The van der Waals surface area contributed by atoms with E-state index in [9.17, 15) is 9.59 Å². The van der Waals surface area contributed by atoms with Crippen molar-refractivity contribution < 1.29 is 19.1 Å². The molecule has 3 heterocycles. The first-order valence-corrected chi connectivity index (χ1v) is 11.9. The van der Waals surface area contributed by atoms with Crippen molar-refractivity contribution in [1.29, 1.82) is 0 Å². The quantitative estimate of drug-likeness (QED) is 0.617. The summed E-state index contributed by atoms with van der Waals surface area (Å²) in [6.07, 6.45) is 4.33. The maximum absolute atomic E-state index is 13.1. The van der Waals surface area contributed by atoms with Crippen molar-refractivity contribution in [3.8, 4) is 0 Å². The molecule has 1 aromatic heterocycles. The molecule has 176 valence electrons. The van der Waals surface area contributed by atoms with E-state index in [0.29, 0.717) is 45.0 Å². The summed E-state index contributed by atoms with van der Waals surface area (Å²) in [7, 11) is 0. The molecule has 7 nitrogen and oxygen atoms in total. The average Bonchev–Trinajstić information content (AvgIpc) is 3.02.